The minimum Gasteiger partial charge on any atom is -0.381 e. The van der Waals surface area contributed by atoms with Gasteiger partial charge in [-0.25, -0.2) is 0 Å². The Morgan fingerprint density at radius 1 is 0.500 bits per heavy atom. The average Bonchev–Trinajstić information content (AvgIpc) is 2.56. The average molecular weight is 342 g/mol. The topological polar surface area (TPSA) is 12.5 Å². The maximum absolute atomic E-state index is 5.70. The number of ether oxygens (including phenoxy) is 1. The molecule has 0 aliphatic carbocycles. The lowest BCUT2D eigenvalue weighted by atomic mass is 10.0. The lowest BCUT2D eigenvalue weighted by Crippen LogP contribution is -2.13. The molecule has 0 aliphatic heterocycles. The SMILES string of the molecule is CCCCCCCCCCCCCCCCOCCCCN(C)C. The Labute approximate surface area is 153 Å². The Bertz CT molecular complexity index is 218. The van der Waals surface area contributed by atoms with Gasteiger partial charge in [0.15, 0.2) is 0 Å². The highest BCUT2D eigenvalue weighted by atomic mass is 16.5. The van der Waals surface area contributed by atoms with Crippen LogP contribution in [-0.4, -0.2) is 38.8 Å². The molecule has 0 bridgehead atoms. The molecule has 0 saturated heterocycles. The van der Waals surface area contributed by atoms with Gasteiger partial charge in [0.25, 0.3) is 0 Å². The second-order valence-electron chi connectivity index (χ2n) is 7.72. The van der Waals surface area contributed by atoms with Gasteiger partial charge in [0.05, 0.1) is 0 Å². The summed E-state index contributed by atoms with van der Waals surface area (Å²) in [5.41, 5.74) is 0. The molecule has 0 saturated carbocycles. The zero-order valence-electron chi connectivity index (χ0n) is 17.3. The van der Waals surface area contributed by atoms with Crippen LogP contribution in [0, 0.1) is 0 Å². The van der Waals surface area contributed by atoms with Crippen LogP contribution in [0.1, 0.15) is 110 Å². The van der Waals surface area contributed by atoms with E-state index in [1.54, 1.807) is 0 Å². The summed E-state index contributed by atoms with van der Waals surface area (Å²) in [5.74, 6) is 0. The molecule has 0 radical (unpaired) electrons. The Balaban J connectivity index is 2.95. The van der Waals surface area contributed by atoms with Crippen LogP contribution in [0.5, 0.6) is 0 Å². The smallest absolute Gasteiger partial charge is 0.0466 e. The third-order valence-corrected chi connectivity index (χ3v) is 4.79. The molecule has 0 heterocycles. The summed E-state index contributed by atoms with van der Waals surface area (Å²) in [6.07, 6.45) is 22.4. The van der Waals surface area contributed by atoms with Crippen molar-refractivity contribution in [3.8, 4) is 0 Å². The molecule has 0 spiro atoms. The van der Waals surface area contributed by atoms with Crippen molar-refractivity contribution in [3.63, 3.8) is 0 Å². The minimum atomic E-state index is 0.951. The number of hydrogen-bond acceptors (Lipinski definition) is 2. The fourth-order valence-electron chi connectivity index (χ4n) is 3.13. The van der Waals surface area contributed by atoms with Crippen molar-refractivity contribution in [1.29, 1.82) is 0 Å². The van der Waals surface area contributed by atoms with E-state index in [1.165, 1.54) is 109 Å². The van der Waals surface area contributed by atoms with Crippen molar-refractivity contribution in [3.05, 3.63) is 0 Å². The van der Waals surface area contributed by atoms with Crippen molar-refractivity contribution in [2.24, 2.45) is 0 Å². The van der Waals surface area contributed by atoms with E-state index in [0.717, 1.165) is 13.2 Å². The molecular formula is C22H47NO. The summed E-state index contributed by atoms with van der Waals surface area (Å²) >= 11 is 0. The molecule has 0 atom stereocenters. The Kier molecular flexibility index (Phi) is 20.9. The number of rotatable bonds is 20. The number of hydrogen-bond donors (Lipinski definition) is 0. The van der Waals surface area contributed by atoms with Crippen LogP contribution >= 0.6 is 0 Å². The lowest BCUT2D eigenvalue weighted by Gasteiger charge is -2.09. The Morgan fingerprint density at radius 3 is 1.29 bits per heavy atom. The van der Waals surface area contributed by atoms with Crippen LogP contribution in [0.4, 0.5) is 0 Å². The van der Waals surface area contributed by atoms with Crippen LogP contribution in [0.25, 0.3) is 0 Å². The largest absolute Gasteiger partial charge is 0.381 e. The molecular weight excluding hydrogens is 294 g/mol. The van der Waals surface area contributed by atoms with Crippen molar-refractivity contribution in [2.45, 2.75) is 110 Å². The maximum Gasteiger partial charge on any atom is 0.0466 e. The maximum atomic E-state index is 5.70. The van der Waals surface area contributed by atoms with E-state index in [9.17, 15) is 0 Å². The highest BCUT2D eigenvalue weighted by Gasteiger charge is 1.95. The van der Waals surface area contributed by atoms with Gasteiger partial charge in [-0.15, -0.1) is 0 Å². The van der Waals surface area contributed by atoms with Gasteiger partial charge >= 0.3 is 0 Å². The van der Waals surface area contributed by atoms with Gasteiger partial charge < -0.3 is 9.64 Å². The predicted molar refractivity (Wildman–Crippen MR) is 109 cm³/mol. The Morgan fingerprint density at radius 2 is 0.875 bits per heavy atom. The molecule has 0 N–H and O–H groups in total. The van der Waals surface area contributed by atoms with E-state index < -0.39 is 0 Å². The third kappa shape index (κ3) is 21.9. The molecule has 0 fully saturated rings. The monoisotopic (exact) mass is 341 g/mol. The summed E-state index contributed by atoms with van der Waals surface area (Å²) in [4.78, 5) is 2.24. The van der Waals surface area contributed by atoms with Crippen LogP contribution < -0.4 is 0 Å². The van der Waals surface area contributed by atoms with E-state index >= 15 is 0 Å². The number of unbranched alkanes of at least 4 members (excludes halogenated alkanes) is 14. The zero-order valence-corrected chi connectivity index (χ0v) is 17.3. The van der Waals surface area contributed by atoms with Gasteiger partial charge in [-0.3, -0.25) is 0 Å². The normalized spacial score (nSPS) is 11.5. The van der Waals surface area contributed by atoms with E-state index in [0.29, 0.717) is 0 Å². The number of nitrogens with zero attached hydrogens (tertiary/aromatic N) is 1. The third-order valence-electron chi connectivity index (χ3n) is 4.79. The molecule has 0 aliphatic rings. The van der Waals surface area contributed by atoms with Crippen LogP contribution in [0.3, 0.4) is 0 Å². The van der Waals surface area contributed by atoms with Crippen molar-refractivity contribution >= 4 is 0 Å². The van der Waals surface area contributed by atoms with Crippen molar-refractivity contribution < 1.29 is 4.74 Å². The first-order valence-corrected chi connectivity index (χ1v) is 11.0. The second kappa shape index (κ2) is 21.0. The summed E-state index contributed by atoms with van der Waals surface area (Å²) in [7, 11) is 4.27. The van der Waals surface area contributed by atoms with Crippen molar-refractivity contribution in [2.75, 3.05) is 33.9 Å². The van der Waals surface area contributed by atoms with Crippen molar-refractivity contribution in [1.82, 2.24) is 4.90 Å². The second-order valence-corrected chi connectivity index (χ2v) is 7.72. The first kappa shape index (κ1) is 23.9. The van der Waals surface area contributed by atoms with Gasteiger partial charge in [0.1, 0.15) is 0 Å². The first-order valence-electron chi connectivity index (χ1n) is 11.0. The molecule has 2 nitrogen and oxygen atoms in total. The fraction of sp³-hybridized carbons (Fsp3) is 1.00. The fourth-order valence-corrected chi connectivity index (χ4v) is 3.13. The molecule has 146 valence electrons. The van der Waals surface area contributed by atoms with E-state index in [4.69, 9.17) is 4.74 Å². The van der Waals surface area contributed by atoms with Crippen LogP contribution in [-0.2, 0) is 4.74 Å². The summed E-state index contributed by atoms with van der Waals surface area (Å²) in [6.45, 7) is 5.40. The van der Waals surface area contributed by atoms with E-state index in [1.807, 2.05) is 0 Å². The summed E-state index contributed by atoms with van der Waals surface area (Å²) in [5, 5.41) is 0. The van der Waals surface area contributed by atoms with Crippen LogP contribution in [0.2, 0.25) is 0 Å². The standard InChI is InChI=1S/C22H47NO/c1-4-5-6-7-8-9-10-11-12-13-14-15-16-18-21-24-22-19-17-20-23(2)3/h4-22H2,1-3H3. The highest BCUT2D eigenvalue weighted by molar-refractivity contribution is 4.49. The van der Waals surface area contributed by atoms with Gasteiger partial charge in [-0.2, -0.15) is 0 Å². The van der Waals surface area contributed by atoms with Gasteiger partial charge in [-0.1, -0.05) is 90.4 Å². The van der Waals surface area contributed by atoms with Crippen LogP contribution in [0.15, 0.2) is 0 Å². The molecule has 0 unspecified atom stereocenters. The molecule has 0 rings (SSSR count). The predicted octanol–water partition coefficient (Wildman–Crippen LogP) is 6.83. The lowest BCUT2D eigenvalue weighted by molar-refractivity contribution is 0.124. The van der Waals surface area contributed by atoms with Gasteiger partial charge in [0, 0.05) is 13.2 Å². The Hall–Kier alpha value is -0.0800. The molecule has 0 aromatic rings. The van der Waals surface area contributed by atoms with E-state index in [-0.39, 0.29) is 0 Å². The molecule has 0 amide bonds. The molecule has 0 aromatic heterocycles. The zero-order chi connectivity index (χ0) is 17.7. The van der Waals surface area contributed by atoms with E-state index in [2.05, 4.69) is 25.9 Å². The molecule has 24 heavy (non-hydrogen) atoms. The highest BCUT2D eigenvalue weighted by Crippen LogP contribution is 2.12. The van der Waals surface area contributed by atoms with Gasteiger partial charge in [-0.05, 0) is 39.9 Å². The molecule has 2 heteroatoms. The summed E-state index contributed by atoms with van der Waals surface area (Å²) in [6, 6.07) is 0. The first-order chi connectivity index (χ1) is 11.8. The molecule has 0 aromatic carbocycles. The quantitative estimate of drug-likeness (QED) is 0.225. The van der Waals surface area contributed by atoms with Gasteiger partial charge in [0.2, 0.25) is 0 Å². The summed E-state index contributed by atoms with van der Waals surface area (Å²) < 4.78 is 5.70. The minimum absolute atomic E-state index is 0.951.